The van der Waals surface area contributed by atoms with E-state index in [-0.39, 0.29) is 30.0 Å². The highest BCUT2D eigenvalue weighted by Crippen LogP contribution is 2.34. The number of fused-ring (bicyclic) bond motifs is 3. The van der Waals surface area contributed by atoms with Gasteiger partial charge in [0.25, 0.3) is 5.91 Å². The topological polar surface area (TPSA) is 117 Å². The maximum absolute atomic E-state index is 13.1. The summed E-state index contributed by atoms with van der Waals surface area (Å²) in [5, 5.41) is 3.40. The number of rotatable bonds is 5. The van der Waals surface area contributed by atoms with Gasteiger partial charge in [-0.2, -0.15) is 0 Å². The summed E-state index contributed by atoms with van der Waals surface area (Å²) in [6, 6.07) is 6.77. The van der Waals surface area contributed by atoms with Crippen molar-refractivity contribution in [3.05, 3.63) is 29.8 Å². The highest BCUT2D eigenvalue weighted by molar-refractivity contribution is 8.14. The first-order valence-electron chi connectivity index (χ1n) is 9.83. The summed E-state index contributed by atoms with van der Waals surface area (Å²) in [5.74, 6) is -0.474. The number of para-hydroxylation sites is 1. The van der Waals surface area contributed by atoms with Crippen molar-refractivity contribution < 1.29 is 14.4 Å². The SMILES string of the molecule is NC(=O)CSC1=Nc2ccccc2C2=NC(CC(=O)NC3CCCCC3)C(=O)N12. The zero-order chi connectivity index (χ0) is 20.4. The Labute approximate surface area is 173 Å². The van der Waals surface area contributed by atoms with E-state index in [1.807, 2.05) is 24.3 Å². The fourth-order valence-electron chi connectivity index (χ4n) is 3.88. The molecule has 1 atom stereocenters. The Bertz CT molecular complexity index is 907. The number of carbonyl (C=O) groups excluding carboxylic acids is 3. The molecule has 1 aromatic rings. The maximum Gasteiger partial charge on any atom is 0.259 e. The van der Waals surface area contributed by atoms with Crippen LogP contribution in [0, 0.1) is 0 Å². The zero-order valence-electron chi connectivity index (χ0n) is 16.0. The quantitative estimate of drug-likeness (QED) is 0.764. The van der Waals surface area contributed by atoms with Gasteiger partial charge in [0.2, 0.25) is 11.8 Å². The Hall–Kier alpha value is -2.68. The van der Waals surface area contributed by atoms with Crippen LogP contribution in [0.1, 0.15) is 44.1 Å². The number of thioether (sulfide) groups is 1. The molecular weight excluding hydrogens is 390 g/mol. The standard InChI is InChI=1S/C20H23N5O3S/c21-16(26)11-29-20-24-14-9-5-4-8-13(14)18-23-15(19(28)25(18)20)10-17(27)22-12-6-2-1-3-7-12/h4-5,8-9,12,15H,1-3,6-7,10-11H2,(H2,21,26)(H,22,27). The molecule has 0 radical (unpaired) electrons. The molecule has 0 bridgehead atoms. The molecule has 3 aliphatic rings. The smallest absolute Gasteiger partial charge is 0.259 e. The van der Waals surface area contributed by atoms with Crippen molar-refractivity contribution in [2.45, 2.75) is 50.6 Å². The van der Waals surface area contributed by atoms with E-state index in [2.05, 4.69) is 15.3 Å². The van der Waals surface area contributed by atoms with Gasteiger partial charge >= 0.3 is 0 Å². The van der Waals surface area contributed by atoms with Gasteiger partial charge in [-0.05, 0) is 25.0 Å². The van der Waals surface area contributed by atoms with Gasteiger partial charge in [0, 0.05) is 11.6 Å². The minimum absolute atomic E-state index is 0.00485. The second-order valence-corrected chi connectivity index (χ2v) is 8.36. The van der Waals surface area contributed by atoms with E-state index < -0.39 is 11.9 Å². The summed E-state index contributed by atoms with van der Waals surface area (Å²) in [5.41, 5.74) is 6.67. The number of nitrogens with one attached hydrogen (secondary N) is 1. The van der Waals surface area contributed by atoms with Crippen molar-refractivity contribution in [3.8, 4) is 0 Å². The Kier molecular flexibility index (Phi) is 5.66. The number of aliphatic imine (C=N–C) groups is 2. The van der Waals surface area contributed by atoms with Crippen LogP contribution in [0.25, 0.3) is 0 Å². The number of nitrogens with two attached hydrogens (primary N) is 1. The molecule has 1 unspecified atom stereocenters. The molecule has 1 saturated carbocycles. The number of carbonyl (C=O) groups is 3. The van der Waals surface area contributed by atoms with Crippen molar-refractivity contribution in [3.63, 3.8) is 0 Å². The Morgan fingerprint density at radius 2 is 1.97 bits per heavy atom. The highest BCUT2D eigenvalue weighted by atomic mass is 32.2. The van der Waals surface area contributed by atoms with Crippen LogP contribution in [0.2, 0.25) is 0 Å². The molecule has 0 spiro atoms. The van der Waals surface area contributed by atoms with Gasteiger partial charge in [-0.25, -0.2) is 9.89 Å². The third-order valence-corrected chi connectivity index (χ3v) is 6.20. The summed E-state index contributed by atoms with van der Waals surface area (Å²) in [4.78, 5) is 47.3. The van der Waals surface area contributed by atoms with Crippen LogP contribution >= 0.6 is 11.8 Å². The zero-order valence-corrected chi connectivity index (χ0v) is 16.8. The number of amidine groups is 2. The van der Waals surface area contributed by atoms with Crippen molar-refractivity contribution in [2.24, 2.45) is 15.7 Å². The van der Waals surface area contributed by atoms with Crippen LogP contribution in [-0.2, 0) is 14.4 Å². The van der Waals surface area contributed by atoms with Gasteiger partial charge in [-0.1, -0.05) is 43.2 Å². The predicted octanol–water partition coefficient (Wildman–Crippen LogP) is 1.70. The first-order valence-corrected chi connectivity index (χ1v) is 10.8. The molecule has 0 saturated heterocycles. The fourth-order valence-corrected chi connectivity index (χ4v) is 4.62. The molecule has 3 amide bonds. The Morgan fingerprint density at radius 3 is 2.72 bits per heavy atom. The Morgan fingerprint density at radius 1 is 1.21 bits per heavy atom. The lowest BCUT2D eigenvalue weighted by molar-refractivity contribution is -0.129. The van der Waals surface area contributed by atoms with Gasteiger partial charge in [-0.3, -0.25) is 19.4 Å². The molecular formula is C20H23N5O3S. The average Bonchev–Trinajstić information content (AvgIpc) is 3.03. The molecule has 0 aromatic heterocycles. The monoisotopic (exact) mass is 413 g/mol. The van der Waals surface area contributed by atoms with Crippen molar-refractivity contribution in [1.82, 2.24) is 10.2 Å². The third-order valence-electron chi connectivity index (χ3n) is 5.24. The van der Waals surface area contributed by atoms with Crippen molar-refractivity contribution >= 4 is 46.2 Å². The molecule has 8 nitrogen and oxygen atoms in total. The Balaban J connectivity index is 1.54. The highest BCUT2D eigenvalue weighted by Gasteiger charge is 2.42. The van der Waals surface area contributed by atoms with Gasteiger partial charge < -0.3 is 11.1 Å². The summed E-state index contributed by atoms with van der Waals surface area (Å²) in [6.45, 7) is 0. The second-order valence-electron chi connectivity index (χ2n) is 7.42. The number of benzene rings is 1. The molecule has 152 valence electrons. The van der Waals surface area contributed by atoms with Crippen LogP contribution in [-0.4, -0.2) is 51.5 Å². The number of amides is 3. The first kappa shape index (κ1) is 19.6. The van der Waals surface area contributed by atoms with E-state index in [9.17, 15) is 14.4 Å². The molecule has 1 fully saturated rings. The lowest BCUT2D eigenvalue weighted by atomic mass is 9.95. The molecule has 3 N–H and O–H groups in total. The van der Waals surface area contributed by atoms with E-state index in [1.54, 1.807) is 0 Å². The molecule has 4 rings (SSSR count). The molecule has 29 heavy (non-hydrogen) atoms. The minimum atomic E-state index is -0.792. The summed E-state index contributed by atoms with van der Waals surface area (Å²) >= 11 is 1.10. The molecule has 1 aromatic carbocycles. The molecule has 2 aliphatic heterocycles. The van der Waals surface area contributed by atoms with Gasteiger partial charge in [0.1, 0.15) is 11.9 Å². The number of hydrogen-bond acceptors (Lipinski definition) is 6. The second kappa shape index (κ2) is 8.36. The van der Waals surface area contributed by atoms with Crippen molar-refractivity contribution in [1.29, 1.82) is 0 Å². The van der Waals surface area contributed by atoms with Crippen LogP contribution in [0.15, 0.2) is 34.3 Å². The molecule has 9 heteroatoms. The first-order chi connectivity index (χ1) is 14.0. The van der Waals surface area contributed by atoms with Gasteiger partial charge in [-0.15, -0.1) is 0 Å². The summed E-state index contributed by atoms with van der Waals surface area (Å²) < 4.78 is 0. The third kappa shape index (κ3) is 4.19. The minimum Gasteiger partial charge on any atom is -0.369 e. The summed E-state index contributed by atoms with van der Waals surface area (Å²) in [7, 11) is 0. The van der Waals surface area contributed by atoms with E-state index >= 15 is 0 Å². The van der Waals surface area contributed by atoms with Crippen LogP contribution in [0.5, 0.6) is 0 Å². The molecule has 2 heterocycles. The van der Waals surface area contributed by atoms with E-state index in [0.29, 0.717) is 16.7 Å². The maximum atomic E-state index is 13.1. The van der Waals surface area contributed by atoms with Gasteiger partial charge in [0.15, 0.2) is 5.17 Å². The van der Waals surface area contributed by atoms with Crippen molar-refractivity contribution in [2.75, 3.05) is 5.75 Å². The fraction of sp³-hybridized carbons (Fsp3) is 0.450. The normalized spacial score (nSPS) is 21.2. The van der Waals surface area contributed by atoms with E-state index in [4.69, 9.17) is 5.73 Å². The summed E-state index contributed by atoms with van der Waals surface area (Å²) in [6.07, 6.45) is 5.43. The average molecular weight is 414 g/mol. The van der Waals surface area contributed by atoms with Crippen LogP contribution in [0.4, 0.5) is 5.69 Å². The van der Waals surface area contributed by atoms with Gasteiger partial charge in [0.05, 0.1) is 17.9 Å². The largest absolute Gasteiger partial charge is 0.369 e. The number of nitrogens with zero attached hydrogens (tertiary/aromatic N) is 3. The van der Waals surface area contributed by atoms with Crippen LogP contribution < -0.4 is 11.1 Å². The van der Waals surface area contributed by atoms with Crippen LogP contribution in [0.3, 0.4) is 0 Å². The lowest BCUT2D eigenvalue weighted by Gasteiger charge is -2.25. The number of hydrogen-bond donors (Lipinski definition) is 2. The lowest BCUT2D eigenvalue weighted by Crippen LogP contribution is -2.43. The predicted molar refractivity (Wildman–Crippen MR) is 112 cm³/mol. The number of primary amides is 1. The molecule has 1 aliphatic carbocycles. The van der Waals surface area contributed by atoms with E-state index in [0.717, 1.165) is 43.0 Å². The van der Waals surface area contributed by atoms with E-state index in [1.165, 1.54) is 11.3 Å².